The third-order valence-electron chi connectivity index (χ3n) is 4.82. The number of amides is 1. The summed E-state index contributed by atoms with van der Waals surface area (Å²) in [5.74, 6) is -0.349. The molecule has 0 spiro atoms. The molecule has 3 aromatic rings. The van der Waals surface area contributed by atoms with Crippen LogP contribution in [0.3, 0.4) is 0 Å². The summed E-state index contributed by atoms with van der Waals surface area (Å²) in [6.07, 6.45) is 2.21. The van der Waals surface area contributed by atoms with Crippen LogP contribution in [-0.4, -0.2) is 30.1 Å². The van der Waals surface area contributed by atoms with E-state index in [4.69, 9.17) is 9.72 Å². The van der Waals surface area contributed by atoms with Crippen LogP contribution in [0.25, 0.3) is 10.2 Å². The Bertz CT molecular complexity index is 948. The van der Waals surface area contributed by atoms with Crippen molar-refractivity contribution in [3.05, 3.63) is 59.4 Å². The lowest BCUT2D eigenvalue weighted by molar-refractivity contribution is -0.118. The van der Waals surface area contributed by atoms with E-state index >= 15 is 0 Å². The molecule has 6 heteroatoms. The number of nitrogens with zero attached hydrogens (tertiary/aromatic N) is 2. The van der Waals surface area contributed by atoms with Crippen LogP contribution in [0.2, 0.25) is 0 Å². The lowest BCUT2D eigenvalue weighted by atomic mass is 10.1. The largest absolute Gasteiger partial charge is 0.376 e. The van der Waals surface area contributed by atoms with Crippen LogP contribution >= 0.6 is 11.3 Å². The Labute approximate surface area is 161 Å². The Hall–Kier alpha value is -2.31. The Morgan fingerprint density at radius 3 is 2.81 bits per heavy atom. The standard InChI is InChI=1S/C21H21FN2O2S/c1-14-4-2-6-18-20(14)23-21(27-18)24(13-17-5-3-11-26-17)19(25)12-15-7-9-16(22)10-8-15/h2,4,6-10,17H,3,5,11-13H2,1H3. The summed E-state index contributed by atoms with van der Waals surface area (Å²) in [7, 11) is 0. The number of anilines is 1. The molecule has 1 atom stereocenters. The number of para-hydroxylation sites is 1. The van der Waals surface area contributed by atoms with Gasteiger partial charge in [0.2, 0.25) is 5.91 Å². The van der Waals surface area contributed by atoms with Gasteiger partial charge in [0, 0.05) is 6.61 Å². The summed E-state index contributed by atoms with van der Waals surface area (Å²) in [5, 5.41) is 0.696. The van der Waals surface area contributed by atoms with Crippen LogP contribution in [0.4, 0.5) is 9.52 Å². The molecule has 1 amide bonds. The van der Waals surface area contributed by atoms with Crippen molar-refractivity contribution in [3.63, 3.8) is 0 Å². The molecule has 1 saturated heterocycles. The number of hydrogen-bond acceptors (Lipinski definition) is 4. The number of ether oxygens (including phenoxy) is 1. The Balaban J connectivity index is 1.63. The zero-order chi connectivity index (χ0) is 18.8. The molecule has 0 radical (unpaired) electrons. The fourth-order valence-corrected chi connectivity index (χ4v) is 4.41. The highest BCUT2D eigenvalue weighted by Crippen LogP contribution is 2.31. The minimum absolute atomic E-state index is 0.0373. The molecule has 1 aromatic heterocycles. The first-order valence-electron chi connectivity index (χ1n) is 9.13. The third kappa shape index (κ3) is 4.01. The summed E-state index contributed by atoms with van der Waals surface area (Å²) >= 11 is 1.52. The zero-order valence-corrected chi connectivity index (χ0v) is 16.0. The molecular weight excluding hydrogens is 363 g/mol. The minimum atomic E-state index is -0.302. The minimum Gasteiger partial charge on any atom is -0.376 e. The van der Waals surface area contributed by atoms with Crippen molar-refractivity contribution in [3.8, 4) is 0 Å². The number of rotatable bonds is 5. The molecule has 0 aliphatic carbocycles. The van der Waals surface area contributed by atoms with Crippen molar-refractivity contribution in [2.45, 2.75) is 32.3 Å². The molecule has 0 bridgehead atoms. The van der Waals surface area contributed by atoms with E-state index in [1.807, 2.05) is 25.1 Å². The summed E-state index contributed by atoms with van der Waals surface area (Å²) in [6, 6.07) is 12.1. The number of aromatic nitrogens is 1. The van der Waals surface area contributed by atoms with Gasteiger partial charge in [-0.2, -0.15) is 0 Å². The highest BCUT2D eigenvalue weighted by molar-refractivity contribution is 7.22. The molecule has 1 fully saturated rings. The summed E-state index contributed by atoms with van der Waals surface area (Å²) in [5.41, 5.74) is 2.82. The lowest BCUT2D eigenvalue weighted by Gasteiger charge is -2.23. The highest BCUT2D eigenvalue weighted by atomic mass is 32.1. The summed E-state index contributed by atoms with van der Waals surface area (Å²) in [6.45, 7) is 3.26. The van der Waals surface area contributed by atoms with Crippen molar-refractivity contribution >= 4 is 32.6 Å². The van der Waals surface area contributed by atoms with Gasteiger partial charge in [0.05, 0.1) is 29.3 Å². The normalized spacial score (nSPS) is 16.7. The summed E-state index contributed by atoms with van der Waals surface area (Å²) in [4.78, 5) is 19.6. The van der Waals surface area contributed by atoms with E-state index < -0.39 is 0 Å². The van der Waals surface area contributed by atoms with Gasteiger partial charge in [-0.1, -0.05) is 35.6 Å². The van der Waals surface area contributed by atoms with Gasteiger partial charge in [-0.3, -0.25) is 9.69 Å². The van der Waals surface area contributed by atoms with Gasteiger partial charge in [-0.05, 0) is 49.1 Å². The molecule has 1 unspecified atom stereocenters. The van der Waals surface area contributed by atoms with Gasteiger partial charge in [0.15, 0.2) is 5.13 Å². The summed E-state index contributed by atoms with van der Waals surface area (Å²) < 4.78 is 20.0. The van der Waals surface area contributed by atoms with Crippen molar-refractivity contribution in [2.75, 3.05) is 18.1 Å². The molecular formula is C21H21FN2O2S. The molecule has 1 aliphatic rings. The van der Waals surface area contributed by atoms with E-state index in [1.54, 1.807) is 17.0 Å². The number of carbonyl (C=O) groups excluding carboxylic acids is 1. The van der Waals surface area contributed by atoms with E-state index in [0.29, 0.717) is 11.7 Å². The number of halogens is 1. The molecule has 27 heavy (non-hydrogen) atoms. The van der Waals surface area contributed by atoms with Gasteiger partial charge in [-0.15, -0.1) is 0 Å². The maximum absolute atomic E-state index is 13.2. The SMILES string of the molecule is Cc1cccc2sc(N(CC3CCCO3)C(=O)Cc3ccc(F)cc3)nc12. The Morgan fingerprint density at radius 1 is 1.30 bits per heavy atom. The lowest BCUT2D eigenvalue weighted by Crippen LogP contribution is -2.38. The van der Waals surface area contributed by atoms with Crippen LogP contribution in [0, 0.1) is 12.7 Å². The van der Waals surface area contributed by atoms with Crippen LogP contribution in [0.1, 0.15) is 24.0 Å². The number of thiazole rings is 1. The average Bonchev–Trinajstić information content (AvgIpc) is 3.31. The van der Waals surface area contributed by atoms with E-state index in [9.17, 15) is 9.18 Å². The monoisotopic (exact) mass is 384 g/mol. The number of carbonyl (C=O) groups is 1. The van der Waals surface area contributed by atoms with E-state index in [0.717, 1.165) is 40.8 Å². The molecule has 4 rings (SSSR count). The Morgan fingerprint density at radius 2 is 2.11 bits per heavy atom. The van der Waals surface area contributed by atoms with Gasteiger partial charge in [0.25, 0.3) is 0 Å². The van der Waals surface area contributed by atoms with Crippen molar-refractivity contribution in [1.82, 2.24) is 4.98 Å². The van der Waals surface area contributed by atoms with Gasteiger partial charge in [-0.25, -0.2) is 9.37 Å². The number of aryl methyl sites for hydroxylation is 1. The Kier molecular flexibility index (Phi) is 5.18. The number of fused-ring (bicyclic) bond motifs is 1. The first kappa shape index (κ1) is 18.1. The fourth-order valence-electron chi connectivity index (χ4n) is 3.34. The second-order valence-electron chi connectivity index (χ2n) is 6.86. The molecule has 4 nitrogen and oxygen atoms in total. The highest BCUT2D eigenvalue weighted by Gasteiger charge is 2.26. The zero-order valence-electron chi connectivity index (χ0n) is 15.2. The molecule has 0 saturated carbocycles. The predicted molar refractivity (Wildman–Crippen MR) is 106 cm³/mol. The maximum atomic E-state index is 13.2. The second-order valence-corrected chi connectivity index (χ2v) is 7.87. The van der Waals surface area contributed by atoms with Crippen LogP contribution < -0.4 is 4.90 Å². The van der Waals surface area contributed by atoms with Crippen LogP contribution in [-0.2, 0) is 16.0 Å². The third-order valence-corrected chi connectivity index (χ3v) is 5.86. The van der Waals surface area contributed by atoms with E-state index in [-0.39, 0.29) is 24.2 Å². The fraction of sp³-hybridized carbons (Fsp3) is 0.333. The first-order valence-corrected chi connectivity index (χ1v) is 9.94. The van der Waals surface area contributed by atoms with Crippen molar-refractivity contribution < 1.29 is 13.9 Å². The quantitative estimate of drug-likeness (QED) is 0.650. The van der Waals surface area contributed by atoms with Gasteiger partial charge < -0.3 is 4.74 Å². The first-order chi connectivity index (χ1) is 13.1. The number of benzene rings is 2. The number of hydrogen-bond donors (Lipinski definition) is 0. The van der Waals surface area contributed by atoms with Crippen molar-refractivity contribution in [1.29, 1.82) is 0 Å². The topological polar surface area (TPSA) is 42.4 Å². The van der Waals surface area contributed by atoms with E-state index in [2.05, 4.69) is 0 Å². The van der Waals surface area contributed by atoms with Crippen LogP contribution in [0.15, 0.2) is 42.5 Å². The molecule has 140 valence electrons. The smallest absolute Gasteiger partial charge is 0.233 e. The molecule has 2 heterocycles. The molecule has 2 aromatic carbocycles. The molecule has 0 N–H and O–H groups in total. The van der Waals surface area contributed by atoms with E-state index in [1.165, 1.54) is 23.5 Å². The van der Waals surface area contributed by atoms with Gasteiger partial charge >= 0.3 is 0 Å². The van der Waals surface area contributed by atoms with Gasteiger partial charge in [0.1, 0.15) is 5.82 Å². The predicted octanol–water partition coefficient (Wildman–Crippen LogP) is 4.50. The maximum Gasteiger partial charge on any atom is 0.233 e. The van der Waals surface area contributed by atoms with Crippen molar-refractivity contribution in [2.24, 2.45) is 0 Å². The van der Waals surface area contributed by atoms with Crippen LogP contribution in [0.5, 0.6) is 0 Å². The average molecular weight is 384 g/mol. The second kappa shape index (κ2) is 7.74. The molecule has 1 aliphatic heterocycles.